The van der Waals surface area contributed by atoms with Gasteiger partial charge in [0.1, 0.15) is 4.70 Å². The second-order valence-corrected chi connectivity index (χ2v) is 4.58. The van der Waals surface area contributed by atoms with Crippen molar-refractivity contribution in [2.75, 3.05) is 18.0 Å². The lowest BCUT2D eigenvalue weighted by molar-refractivity contribution is 0.577. The molecule has 0 amide bonds. The lowest BCUT2D eigenvalue weighted by Crippen LogP contribution is -2.22. The minimum absolute atomic E-state index is 0.0567. The number of aryl methyl sites for hydroxylation is 1. The molecule has 0 unspecified atom stereocenters. The maximum atomic E-state index is 11.9. The predicted octanol–water partition coefficient (Wildman–Crippen LogP) is 3.01. The van der Waals surface area contributed by atoms with Gasteiger partial charge in [0.2, 0.25) is 5.43 Å². The largest absolute Gasteiger partial charge is 0.439 e. The van der Waals surface area contributed by atoms with Gasteiger partial charge in [-0.1, -0.05) is 0 Å². The van der Waals surface area contributed by atoms with Crippen molar-refractivity contribution in [1.29, 1.82) is 0 Å². The summed E-state index contributed by atoms with van der Waals surface area (Å²) in [6.45, 7) is 7.75. The number of anilines is 1. The number of thiophene rings is 1. The number of hydrogen-bond donors (Lipinski definition) is 0. The highest BCUT2D eigenvalue weighted by Crippen LogP contribution is 2.26. The Morgan fingerprint density at radius 3 is 2.69 bits per heavy atom. The molecule has 0 aromatic carbocycles. The van der Waals surface area contributed by atoms with Crippen LogP contribution in [0, 0.1) is 6.92 Å². The van der Waals surface area contributed by atoms with E-state index in [1.54, 1.807) is 6.07 Å². The summed E-state index contributed by atoms with van der Waals surface area (Å²) in [5, 5.41) is 1.96. The zero-order valence-electron chi connectivity index (χ0n) is 9.74. The SMILES string of the molecule is CCN(CC)c1cc(=O)c2scc(C)c2o1. The Kier molecular flexibility index (Phi) is 3.01. The first-order valence-electron chi connectivity index (χ1n) is 5.44. The monoisotopic (exact) mass is 237 g/mol. The van der Waals surface area contributed by atoms with E-state index < -0.39 is 0 Å². The Bertz CT molecular complexity index is 552. The Morgan fingerprint density at radius 2 is 2.06 bits per heavy atom. The predicted molar refractivity (Wildman–Crippen MR) is 68.7 cm³/mol. The molecule has 2 rings (SSSR count). The molecule has 0 saturated heterocycles. The molecule has 0 aliphatic carbocycles. The van der Waals surface area contributed by atoms with Crippen LogP contribution in [0.4, 0.5) is 5.88 Å². The minimum atomic E-state index is 0.0567. The van der Waals surface area contributed by atoms with Crippen LogP contribution in [0.2, 0.25) is 0 Å². The van der Waals surface area contributed by atoms with Gasteiger partial charge in [-0.25, -0.2) is 0 Å². The van der Waals surface area contributed by atoms with Crippen molar-refractivity contribution in [3.8, 4) is 0 Å². The third kappa shape index (κ3) is 1.73. The van der Waals surface area contributed by atoms with Crippen LogP contribution in [0.15, 0.2) is 20.7 Å². The van der Waals surface area contributed by atoms with Gasteiger partial charge in [0.25, 0.3) is 0 Å². The van der Waals surface area contributed by atoms with E-state index in [1.807, 2.05) is 31.1 Å². The van der Waals surface area contributed by atoms with Crippen LogP contribution < -0.4 is 10.3 Å². The van der Waals surface area contributed by atoms with Gasteiger partial charge in [0.15, 0.2) is 11.5 Å². The van der Waals surface area contributed by atoms with Crippen molar-refractivity contribution in [3.05, 3.63) is 27.2 Å². The maximum absolute atomic E-state index is 11.9. The average Bonchev–Trinajstić information content (AvgIpc) is 2.63. The van der Waals surface area contributed by atoms with Gasteiger partial charge >= 0.3 is 0 Å². The van der Waals surface area contributed by atoms with E-state index in [-0.39, 0.29) is 5.43 Å². The zero-order valence-corrected chi connectivity index (χ0v) is 10.6. The fraction of sp³-hybridized carbons (Fsp3) is 0.417. The molecule has 4 heteroatoms. The molecule has 0 fully saturated rings. The summed E-state index contributed by atoms with van der Waals surface area (Å²) in [6, 6.07) is 1.59. The molecule has 0 saturated carbocycles. The van der Waals surface area contributed by atoms with Crippen LogP contribution in [0.3, 0.4) is 0 Å². The first-order valence-corrected chi connectivity index (χ1v) is 6.32. The Balaban J connectivity index is 2.64. The van der Waals surface area contributed by atoms with Crippen molar-refractivity contribution in [3.63, 3.8) is 0 Å². The van der Waals surface area contributed by atoms with Gasteiger partial charge in [-0.2, -0.15) is 0 Å². The second-order valence-electron chi connectivity index (χ2n) is 3.70. The Hall–Kier alpha value is -1.29. The van der Waals surface area contributed by atoms with Gasteiger partial charge in [0, 0.05) is 24.7 Å². The highest BCUT2D eigenvalue weighted by Gasteiger charge is 2.12. The van der Waals surface area contributed by atoms with Crippen molar-refractivity contribution >= 4 is 27.5 Å². The van der Waals surface area contributed by atoms with E-state index in [9.17, 15) is 4.79 Å². The molecule has 0 spiro atoms. The van der Waals surface area contributed by atoms with Gasteiger partial charge in [-0.15, -0.1) is 11.3 Å². The fourth-order valence-corrected chi connectivity index (χ4v) is 2.62. The van der Waals surface area contributed by atoms with Gasteiger partial charge in [-0.05, 0) is 26.2 Å². The van der Waals surface area contributed by atoms with E-state index >= 15 is 0 Å². The van der Waals surface area contributed by atoms with E-state index in [4.69, 9.17) is 4.42 Å². The van der Waals surface area contributed by atoms with E-state index in [0.717, 1.165) is 24.2 Å². The molecule has 2 heterocycles. The molecule has 0 atom stereocenters. The van der Waals surface area contributed by atoms with Crippen molar-refractivity contribution in [2.24, 2.45) is 0 Å². The normalized spacial score (nSPS) is 10.9. The number of nitrogens with zero attached hydrogens (tertiary/aromatic N) is 1. The summed E-state index contributed by atoms with van der Waals surface area (Å²) in [7, 11) is 0. The molecular formula is C12H15NO2S. The van der Waals surface area contributed by atoms with Crippen LogP contribution in [0.25, 0.3) is 10.3 Å². The van der Waals surface area contributed by atoms with Gasteiger partial charge < -0.3 is 9.32 Å². The molecule has 0 bridgehead atoms. The second kappa shape index (κ2) is 4.29. The molecule has 16 heavy (non-hydrogen) atoms. The molecule has 0 aliphatic heterocycles. The highest BCUT2D eigenvalue weighted by molar-refractivity contribution is 7.17. The summed E-state index contributed by atoms with van der Waals surface area (Å²) >= 11 is 1.45. The topological polar surface area (TPSA) is 33.5 Å². The van der Waals surface area contributed by atoms with Gasteiger partial charge in [-0.3, -0.25) is 4.79 Å². The minimum Gasteiger partial charge on any atom is -0.439 e. The standard InChI is InChI=1S/C12H15NO2S/c1-4-13(5-2)10-6-9(14)12-11(15-10)8(3)7-16-12/h6-7H,4-5H2,1-3H3. The van der Waals surface area contributed by atoms with Gasteiger partial charge in [0.05, 0.1) is 0 Å². The fourth-order valence-electron chi connectivity index (χ4n) is 1.73. The highest BCUT2D eigenvalue weighted by atomic mass is 32.1. The third-order valence-electron chi connectivity index (χ3n) is 2.68. The molecule has 0 radical (unpaired) electrons. The third-order valence-corrected chi connectivity index (χ3v) is 3.77. The molecule has 3 nitrogen and oxygen atoms in total. The van der Waals surface area contributed by atoms with E-state index in [1.165, 1.54) is 11.3 Å². The lowest BCUT2D eigenvalue weighted by atomic mass is 10.3. The summed E-state index contributed by atoms with van der Waals surface area (Å²) < 4.78 is 6.51. The number of rotatable bonds is 3. The summed E-state index contributed by atoms with van der Waals surface area (Å²) in [5.74, 6) is 0.670. The Morgan fingerprint density at radius 1 is 1.38 bits per heavy atom. The molecule has 2 aromatic heterocycles. The van der Waals surface area contributed by atoms with Crippen LogP contribution in [-0.2, 0) is 0 Å². The quantitative estimate of drug-likeness (QED) is 0.822. The Labute approximate surface area is 98.3 Å². The first kappa shape index (κ1) is 11.2. The average molecular weight is 237 g/mol. The summed E-state index contributed by atoms with van der Waals surface area (Å²) in [5.41, 5.74) is 1.83. The van der Waals surface area contributed by atoms with Crippen LogP contribution in [0.5, 0.6) is 0 Å². The molecule has 0 aliphatic rings. The zero-order chi connectivity index (χ0) is 11.7. The first-order chi connectivity index (χ1) is 7.67. The van der Waals surface area contributed by atoms with Crippen LogP contribution in [-0.4, -0.2) is 13.1 Å². The van der Waals surface area contributed by atoms with Crippen LogP contribution >= 0.6 is 11.3 Å². The molecular weight excluding hydrogens is 222 g/mol. The van der Waals surface area contributed by atoms with Crippen molar-refractivity contribution in [1.82, 2.24) is 0 Å². The summed E-state index contributed by atoms with van der Waals surface area (Å²) in [4.78, 5) is 13.9. The smallest absolute Gasteiger partial charge is 0.204 e. The van der Waals surface area contributed by atoms with Crippen molar-refractivity contribution in [2.45, 2.75) is 20.8 Å². The number of hydrogen-bond acceptors (Lipinski definition) is 4. The molecule has 2 aromatic rings. The van der Waals surface area contributed by atoms with Crippen molar-refractivity contribution < 1.29 is 4.42 Å². The lowest BCUT2D eigenvalue weighted by Gasteiger charge is -2.18. The molecule has 0 N–H and O–H groups in total. The molecule has 86 valence electrons. The number of fused-ring (bicyclic) bond motifs is 1. The van der Waals surface area contributed by atoms with E-state index in [2.05, 4.69) is 0 Å². The summed E-state index contributed by atoms with van der Waals surface area (Å²) in [6.07, 6.45) is 0. The van der Waals surface area contributed by atoms with E-state index in [0.29, 0.717) is 10.6 Å². The maximum Gasteiger partial charge on any atom is 0.204 e. The van der Waals surface area contributed by atoms with Crippen LogP contribution in [0.1, 0.15) is 19.4 Å².